The van der Waals surface area contributed by atoms with Crippen molar-refractivity contribution in [3.8, 4) is 0 Å². The van der Waals surface area contributed by atoms with Gasteiger partial charge in [0.05, 0.1) is 6.10 Å². The molecule has 0 unspecified atom stereocenters. The van der Waals surface area contributed by atoms with Gasteiger partial charge in [-0.1, -0.05) is 20.8 Å². The van der Waals surface area contributed by atoms with Crippen LogP contribution in [0.1, 0.15) is 33.6 Å². The van der Waals surface area contributed by atoms with Crippen molar-refractivity contribution in [3.63, 3.8) is 0 Å². The molecule has 92 valence electrons. The Morgan fingerprint density at radius 3 is 2.44 bits per heavy atom. The van der Waals surface area contributed by atoms with Crippen molar-refractivity contribution >= 4 is 11.9 Å². The monoisotopic (exact) mass is 229 g/mol. The number of nitrogens with zero attached hydrogens (tertiary/aromatic N) is 1. The fourth-order valence-corrected chi connectivity index (χ4v) is 1.81. The fourth-order valence-electron chi connectivity index (χ4n) is 1.81. The van der Waals surface area contributed by atoms with E-state index >= 15 is 0 Å². The molecule has 0 spiro atoms. The van der Waals surface area contributed by atoms with Crippen LogP contribution in [0.15, 0.2) is 0 Å². The van der Waals surface area contributed by atoms with Gasteiger partial charge in [0.15, 0.2) is 0 Å². The standard InChI is InChI=1S/C11H19NO4/c1-4-11(2,3)10(16)12-6-7(13)5-8(12)9(14)15/h7-8,13H,4-6H2,1-3H3,(H,14,15)/t7-,8-/m1/s1. The predicted molar refractivity (Wildman–Crippen MR) is 57.8 cm³/mol. The summed E-state index contributed by atoms with van der Waals surface area (Å²) in [5.74, 6) is -1.24. The minimum absolute atomic E-state index is 0.124. The predicted octanol–water partition coefficient (Wildman–Crippen LogP) is 0.469. The van der Waals surface area contributed by atoms with Crippen molar-refractivity contribution in [3.05, 3.63) is 0 Å². The number of amides is 1. The highest BCUT2D eigenvalue weighted by Gasteiger charge is 2.43. The number of carboxylic acid groups (broad SMARTS) is 1. The van der Waals surface area contributed by atoms with Crippen molar-refractivity contribution in [2.75, 3.05) is 6.54 Å². The maximum Gasteiger partial charge on any atom is 0.326 e. The zero-order valence-electron chi connectivity index (χ0n) is 9.93. The normalized spacial score (nSPS) is 25.9. The average molecular weight is 229 g/mol. The lowest BCUT2D eigenvalue weighted by Gasteiger charge is -2.30. The van der Waals surface area contributed by atoms with E-state index in [2.05, 4.69) is 0 Å². The summed E-state index contributed by atoms with van der Waals surface area (Å²) in [5, 5.41) is 18.4. The molecule has 1 aliphatic heterocycles. The van der Waals surface area contributed by atoms with Gasteiger partial charge in [0.1, 0.15) is 6.04 Å². The van der Waals surface area contributed by atoms with Crippen LogP contribution in [0.3, 0.4) is 0 Å². The van der Waals surface area contributed by atoms with Crippen LogP contribution in [0, 0.1) is 5.41 Å². The Morgan fingerprint density at radius 1 is 1.44 bits per heavy atom. The Morgan fingerprint density at radius 2 is 2.00 bits per heavy atom. The van der Waals surface area contributed by atoms with Gasteiger partial charge < -0.3 is 15.1 Å². The van der Waals surface area contributed by atoms with Gasteiger partial charge in [-0.3, -0.25) is 4.79 Å². The molecule has 0 aromatic heterocycles. The second-order valence-electron chi connectivity index (χ2n) is 4.94. The number of aliphatic carboxylic acids is 1. The first kappa shape index (κ1) is 13.0. The SMILES string of the molecule is CCC(C)(C)C(=O)N1C[C@H](O)C[C@@H]1C(=O)O. The van der Waals surface area contributed by atoms with Crippen LogP contribution < -0.4 is 0 Å². The number of carboxylic acids is 1. The zero-order chi connectivity index (χ0) is 12.5. The van der Waals surface area contributed by atoms with Gasteiger partial charge >= 0.3 is 5.97 Å². The van der Waals surface area contributed by atoms with E-state index in [1.807, 2.05) is 6.92 Å². The van der Waals surface area contributed by atoms with Gasteiger partial charge in [-0.15, -0.1) is 0 Å². The highest BCUT2D eigenvalue weighted by atomic mass is 16.4. The van der Waals surface area contributed by atoms with E-state index < -0.39 is 23.5 Å². The smallest absolute Gasteiger partial charge is 0.326 e. The topological polar surface area (TPSA) is 77.8 Å². The van der Waals surface area contributed by atoms with Crippen molar-refractivity contribution in [2.24, 2.45) is 5.41 Å². The maximum atomic E-state index is 12.1. The molecule has 16 heavy (non-hydrogen) atoms. The summed E-state index contributed by atoms with van der Waals surface area (Å²) in [6.45, 7) is 5.59. The number of likely N-dealkylation sites (tertiary alicyclic amines) is 1. The molecule has 1 amide bonds. The third-order valence-corrected chi connectivity index (χ3v) is 3.29. The van der Waals surface area contributed by atoms with Crippen LogP contribution in [-0.2, 0) is 9.59 Å². The van der Waals surface area contributed by atoms with Gasteiger partial charge in [0.2, 0.25) is 5.91 Å². The largest absolute Gasteiger partial charge is 0.480 e. The van der Waals surface area contributed by atoms with Crippen molar-refractivity contribution in [1.82, 2.24) is 4.90 Å². The van der Waals surface area contributed by atoms with E-state index in [0.29, 0.717) is 6.42 Å². The highest BCUT2D eigenvalue weighted by molar-refractivity contribution is 5.87. The molecule has 5 heteroatoms. The van der Waals surface area contributed by atoms with Crippen LogP contribution in [0.2, 0.25) is 0 Å². The fraction of sp³-hybridized carbons (Fsp3) is 0.818. The van der Waals surface area contributed by atoms with Crippen LogP contribution in [0.4, 0.5) is 0 Å². The number of hydrogen-bond donors (Lipinski definition) is 2. The van der Waals surface area contributed by atoms with Crippen LogP contribution in [-0.4, -0.2) is 45.7 Å². The summed E-state index contributed by atoms with van der Waals surface area (Å²) in [6.07, 6.45) is 0.0451. The quantitative estimate of drug-likeness (QED) is 0.737. The average Bonchev–Trinajstić information content (AvgIpc) is 2.59. The number of carbonyl (C=O) groups excluding carboxylic acids is 1. The molecular formula is C11H19NO4. The lowest BCUT2D eigenvalue weighted by atomic mass is 9.88. The molecule has 0 aromatic rings. The molecule has 2 N–H and O–H groups in total. The van der Waals surface area contributed by atoms with Crippen molar-refractivity contribution in [2.45, 2.75) is 45.8 Å². The number of carbonyl (C=O) groups is 2. The summed E-state index contributed by atoms with van der Waals surface area (Å²) in [4.78, 5) is 24.4. The van der Waals surface area contributed by atoms with E-state index in [4.69, 9.17) is 5.11 Å². The van der Waals surface area contributed by atoms with Gasteiger partial charge in [0, 0.05) is 18.4 Å². The third kappa shape index (κ3) is 2.35. The van der Waals surface area contributed by atoms with E-state index in [9.17, 15) is 14.7 Å². The van der Waals surface area contributed by atoms with Crippen LogP contribution in [0.5, 0.6) is 0 Å². The number of aliphatic hydroxyl groups excluding tert-OH is 1. The molecule has 0 aromatic carbocycles. The minimum atomic E-state index is -1.04. The molecule has 1 rings (SSSR count). The molecule has 0 bridgehead atoms. The Kier molecular flexibility index (Phi) is 3.57. The van der Waals surface area contributed by atoms with E-state index in [1.54, 1.807) is 13.8 Å². The Balaban J connectivity index is 2.86. The lowest BCUT2D eigenvalue weighted by molar-refractivity contribution is -0.152. The molecule has 1 saturated heterocycles. The third-order valence-electron chi connectivity index (χ3n) is 3.29. The van der Waals surface area contributed by atoms with E-state index in [0.717, 1.165) is 0 Å². The van der Waals surface area contributed by atoms with Crippen LogP contribution in [0.25, 0.3) is 0 Å². The summed E-state index contributed by atoms with van der Waals surface area (Å²) in [6, 6.07) is -0.881. The summed E-state index contributed by atoms with van der Waals surface area (Å²) >= 11 is 0. The van der Waals surface area contributed by atoms with Gasteiger partial charge in [-0.05, 0) is 6.42 Å². The number of hydrogen-bond acceptors (Lipinski definition) is 3. The second-order valence-corrected chi connectivity index (χ2v) is 4.94. The summed E-state index contributed by atoms with van der Waals surface area (Å²) in [7, 11) is 0. The molecular weight excluding hydrogens is 210 g/mol. The Bertz CT molecular complexity index is 300. The summed E-state index contributed by atoms with van der Waals surface area (Å²) < 4.78 is 0. The molecule has 1 heterocycles. The molecule has 2 atom stereocenters. The Hall–Kier alpha value is -1.10. The molecule has 5 nitrogen and oxygen atoms in total. The molecule has 0 radical (unpaired) electrons. The molecule has 1 fully saturated rings. The number of β-amino-alcohol motifs (C(OH)–C–C–N with tert-alkyl or cyclic N) is 1. The molecule has 0 aliphatic carbocycles. The number of aliphatic hydroxyl groups is 1. The lowest BCUT2D eigenvalue weighted by Crippen LogP contribution is -2.46. The minimum Gasteiger partial charge on any atom is -0.480 e. The van der Waals surface area contributed by atoms with Gasteiger partial charge in [-0.25, -0.2) is 4.79 Å². The number of rotatable bonds is 3. The van der Waals surface area contributed by atoms with Gasteiger partial charge in [0.25, 0.3) is 0 Å². The first-order valence-electron chi connectivity index (χ1n) is 5.51. The molecule has 0 saturated carbocycles. The second kappa shape index (κ2) is 4.41. The highest BCUT2D eigenvalue weighted by Crippen LogP contribution is 2.28. The van der Waals surface area contributed by atoms with Crippen molar-refractivity contribution < 1.29 is 19.8 Å². The van der Waals surface area contributed by atoms with Gasteiger partial charge in [-0.2, -0.15) is 0 Å². The summed E-state index contributed by atoms with van der Waals surface area (Å²) in [5.41, 5.74) is -0.572. The molecule has 1 aliphatic rings. The first-order chi connectivity index (χ1) is 7.29. The van der Waals surface area contributed by atoms with Crippen molar-refractivity contribution in [1.29, 1.82) is 0 Å². The van der Waals surface area contributed by atoms with Crippen LogP contribution >= 0.6 is 0 Å². The van der Waals surface area contributed by atoms with E-state index in [-0.39, 0.29) is 18.9 Å². The maximum absolute atomic E-state index is 12.1. The zero-order valence-corrected chi connectivity index (χ0v) is 9.93. The van der Waals surface area contributed by atoms with E-state index in [1.165, 1.54) is 4.90 Å². The first-order valence-corrected chi connectivity index (χ1v) is 5.51. The Labute approximate surface area is 95.1 Å².